The summed E-state index contributed by atoms with van der Waals surface area (Å²) in [4.78, 5) is 0. The Morgan fingerprint density at radius 2 is 1.80 bits per heavy atom. The summed E-state index contributed by atoms with van der Waals surface area (Å²) in [6.07, 6.45) is 0. The molecule has 0 atom stereocenters. The first-order valence-electron chi connectivity index (χ1n) is 5.69. The number of rotatable bonds is 4. The fourth-order valence-corrected chi connectivity index (χ4v) is 1.72. The van der Waals surface area contributed by atoms with Crippen molar-refractivity contribution in [2.45, 2.75) is 6.61 Å². The van der Waals surface area contributed by atoms with Crippen LogP contribution >= 0.6 is 11.6 Å². The quantitative estimate of drug-likeness (QED) is 0.847. The molecule has 2 rings (SSSR count). The van der Waals surface area contributed by atoms with Crippen molar-refractivity contribution in [2.24, 2.45) is 0 Å². The Morgan fingerprint density at radius 1 is 1.05 bits per heavy atom. The molecule has 2 N–H and O–H groups in total. The third kappa shape index (κ3) is 3.48. The van der Waals surface area contributed by atoms with Gasteiger partial charge in [-0.15, -0.1) is 0 Å². The Morgan fingerprint density at radius 3 is 2.40 bits per heavy atom. The molecule has 0 unspecified atom stereocenters. The van der Waals surface area contributed by atoms with Gasteiger partial charge in [-0.25, -0.2) is 8.78 Å². The minimum Gasteiger partial charge on any atom is -0.489 e. The Hall–Kier alpha value is -1.63. The van der Waals surface area contributed by atoms with Crippen molar-refractivity contribution in [2.75, 3.05) is 0 Å². The zero-order chi connectivity index (χ0) is 14.7. The predicted octanol–water partition coefficient (Wildman–Crippen LogP) is 1.88. The molecule has 0 saturated heterocycles. The molecular weight excluding hydrogens is 288 g/mol. The van der Waals surface area contributed by atoms with Gasteiger partial charge in [0.25, 0.3) is 0 Å². The minimum atomic E-state index is -1.88. The summed E-state index contributed by atoms with van der Waals surface area (Å²) in [5.41, 5.74) is 0.300. The summed E-state index contributed by atoms with van der Waals surface area (Å²) in [7, 11) is -1.88. The van der Waals surface area contributed by atoms with Crippen LogP contribution in [0, 0.1) is 11.6 Å². The molecule has 20 heavy (non-hydrogen) atoms. The normalized spacial score (nSPS) is 10.4. The minimum absolute atomic E-state index is 0.0149. The van der Waals surface area contributed by atoms with E-state index in [1.54, 1.807) is 6.07 Å². The monoisotopic (exact) mass is 298 g/mol. The second kappa shape index (κ2) is 6.22. The number of halogens is 3. The third-order valence-corrected chi connectivity index (χ3v) is 2.95. The van der Waals surface area contributed by atoms with Gasteiger partial charge >= 0.3 is 7.12 Å². The SMILES string of the molecule is OB(O)c1ccc(OCc2ccc(Cl)c(F)c2)cc1F. The molecule has 0 radical (unpaired) electrons. The van der Waals surface area contributed by atoms with E-state index >= 15 is 0 Å². The van der Waals surface area contributed by atoms with Gasteiger partial charge in [0.05, 0.1) is 5.02 Å². The van der Waals surface area contributed by atoms with Gasteiger partial charge in [-0.05, 0) is 23.8 Å². The zero-order valence-electron chi connectivity index (χ0n) is 10.2. The largest absolute Gasteiger partial charge is 0.491 e. The maximum absolute atomic E-state index is 13.5. The summed E-state index contributed by atoms with van der Waals surface area (Å²) in [5.74, 6) is -1.15. The van der Waals surface area contributed by atoms with Gasteiger partial charge in [-0.3, -0.25) is 0 Å². The lowest BCUT2D eigenvalue weighted by Gasteiger charge is -2.08. The molecule has 0 aliphatic rings. The molecule has 0 spiro atoms. The highest BCUT2D eigenvalue weighted by molar-refractivity contribution is 6.58. The van der Waals surface area contributed by atoms with Crippen LogP contribution in [0.1, 0.15) is 5.56 Å². The number of hydrogen-bond acceptors (Lipinski definition) is 3. The van der Waals surface area contributed by atoms with Crippen LogP contribution in [0.15, 0.2) is 36.4 Å². The van der Waals surface area contributed by atoms with Gasteiger partial charge in [0.1, 0.15) is 24.0 Å². The van der Waals surface area contributed by atoms with Gasteiger partial charge in [-0.2, -0.15) is 0 Å². The van der Waals surface area contributed by atoms with Crippen LogP contribution in [0.3, 0.4) is 0 Å². The highest BCUT2D eigenvalue weighted by Crippen LogP contribution is 2.18. The van der Waals surface area contributed by atoms with Gasteiger partial charge < -0.3 is 14.8 Å². The van der Waals surface area contributed by atoms with Crippen LogP contribution in [0.25, 0.3) is 0 Å². The van der Waals surface area contributed by atoms with Crippen LogP contribution in [-0.2, 0) is 6.61 Å². The molecule has 0 heterocycles. The first-order valence-corrected chi connectivity index (χ1v) is 6.07. The van der Waals surface area contributed by atoms with Gasteiger partial charge in [0, 0.05) is 11.5 Å². The van der Waals surface area contributed by atoms with Gasteiger partial charge in [-0.1, -0.05) is 23.7 Å². The van der Waals surface area contributed by atoms with Crippen LogP contribution in [-0.4, -0.2) is 17.2 Å². The molecule has 3 nitrogen and oxygen atoms in total. The molecule has 0 aliphatic heterocycles. The molecule has 0 aromatic heterocycles. The molecule has 0 amide bonds. The van der Waals surface area contributed by atoms with E-state index in [0.29, 0.717) is 5.56 Å². The maximum atomic E-state index is 13.5. The highest BCUT2D eigenvalue weighted by atomic mass is 35.5. The van der Waals surface area contributed by atoms with Crippen LogP contribution in [0.5, 0.6) is 5.75 Å². The maximum Gasteiger partial charge on any atom is 0.491 e. The molecule has 0 fully saturated rings. The fraction of sp³-hybridized carbons (Fsp3) is 0.0769. The summed E-state index contributed by atoms with van der Waals surface area (Å²) in [6.45, 7) is 0.0363. The summed E-state index contributed by atoms with van der Waals surface area (Å²) < 4.78 is 32.0. The Kier molecular flexibility index (Phi) is 4.59. The second-order valence-corrected chi connectivity index (χ2v) is 4.50. The smallest absolute Gasteiger partial charge is 0.489 e. The zero-order valence-corrected chi connectivity index (χ0v) is 10.9. The first-order chi connectivity index (χ1) is 9.47. The van der Waals surface area contributed by atoms with Crippen molar-refractivity contribution < 1.29 is 23.6 Å². The second-order valence-electron chi connectivity index (χ2n) is 4.09. The molecule has 104 valence electrons. The first kappa shape index (κ1) is 14.8. The van der Waals surface area contributed by atoms with Gasteiger partial charge in [0.2, 0.25) is 0 Å². The number of ether oxygens (including phenoxy) is 1. The van der Waals surface area contributed by atoms with Gasteiger partial charge in [0.15, 0.2) is 0 Å². The number of hydrogen-bond donors (Lipinski definition) is 2. The van der Waals surface area contributed by atoms with Crippen molar-refractivity contribution >= 4 is 24.2 Å². The van der Waals surface area contributed by atoms with E-state index in [1.807, 2.05) is 0 Å². The lowest BCUT2D eigenvalue weighted by molar-refractivity contribution is 0.304. The molecule has 0 bridgehead atoms. The van der Waals surface area contributed by atoms with Crippen molar-refractivity contribution in [1.29, 1.82) is 0 Å². The van der Waals surface area contributed by atoms with E-state index in [2.05, 4.69) is 0 Å². The Balaban J connectivity index is 2.07. The lowest BCUT2D eigenvalue weighted by atomic mass is 9.80. The third-order valence-electron chi connectivity index (χ3n) is 2.64. The fourth-order valence-electron chi connectivity index (χ4n) is 1.60. The highest BCUT2D eigenvalue weighted by Gasteiger charge is 2.16. The van der Waals surface area contributed by atoms with E-state index in [1.165, 1.54) is 24.3 Å². The Labute approximate surface area is 119 Å². The van der Waals surface area contributed by atoms with E-state index in [4.69, 9.17) is 26.4 Å². The van der Waals surface area contributed by atoms with Crippen LogP contribution < -0.4 is 10.2 Å². The molecule has 7 heteroatoms. The molecule has 2 aromatic rings. The summed E-state index contributed by atoms with van der Waals surface area (Å²) in [6, 6.07) is 7.85. The molecule has 0 aliphatic carbocycles. The van der Waals surface area contributed by atoms with E-state index < -0.39 is 18.8 Å². The molecular formula is C13H10BClF2O3. The van der Waals surface area contributed by atoms with Crippen LogP contribution in [0.4, 0.5) is 8.78 Å². The van der Waals surface area contributed by atoms with Crippen molar-refractivity contribution in [3.63, 3.8) is 0 Å². The van der Waals surface area contributed by atoms with Crippen LogP contribution in [0.2, 0.25) is 5.02 Å². The number of benzene rings is 2. The van der Waals surface area contributed by atoms with Crippen molar-refractivity contribution in [3.8, 4) is 5.75 Å². The van der Waals surface area contributed by atoms with Crippen molar-refractivity contribution in [3.05, 3.63) is 58.6 Å². The van der Waals surface area contributed by atoms with E-state index in [-0.39, 0.29) is 22.8 Å². The summed E-state index contributed by atoms with van der Waals surface area (Å²) >= 11 is 5.55. The predicted molar refractivity (Wildman–Crippen MR) is 72.0 cm³/mol. The molecule has 0 saturated carbocycles. The Bertz CT molecular complexity index is 623. The molecule has 2 aromatic carbocycles. The topological polar surface area (TPSA) is 49.7 Å². The van der Waals surface area contributed by atoms with E-state index in [9.17, 15) is 8.78 Å². The lowest BCUT2D eigenvalue weighted by Crippen LogP contribution is -2.32. The standard InChI is InChI=1S/C13H10BClF2O3/c15-11-4-1-8(5-13(11)17)7-20-9-2-3-10(14(18)19)12(16)6-9/h1-6,18-19H,7H2. The van der Waals surface area contributed by atoms with Crippen molar-refractivity contribution in [1.82, 2.24) is 0 Å². The average molecular weight is 298 g/mol. The average Bonchev–Trinajstić information content (AvgIpc) is 2.40. The summed E-state index contributed by atoms with van der Waals surface area (Å²) in [5, 5.41) is 17.8. The van der Waals surface area contributed by atoms with E-state index in [0.717, 1.165) is 6.07 Å².